The molecule has 0 fully saturated rings. The van der Waals surface area contributed by atoms with Crippen molar-refractivity contribution < 1.29 is 0 Å². The zero-order valence-electron chi connectivity index (χ0n) is 36.4. The highest BCUT2D eigenvalue weighted by molar-refractivity contribution is 4.87. The molecule has 0 saturated carbocycles. The van der Waals surface area contributed by atoms with Crippen LogP contribution < -0.4 is 0 Å². The van der Waals surface area contributed by atoms with E-state index in [0.29, 0.717) is 0 Å². The number of hydrogen-bond donors (Lipinski definition) is 0. The molecule has 0 aliphatic heterocycles. The summed E-state index contributed by atoms with van der Waals surface area (Å²) in [5.74, 6) is 3.60. The van der Waals surface area contributed by atoms with E-state index in [9.17, 15) is 0 Å². The molecular weight excluding hydrogens is 613 g/mol. The summed E-state index contributed by atoms with van der Waals surface area (Å²) in [7, 11) is 0. The molecule has 0 aromatic heterocycles. The lowest BCUT2D eigenvalue weighted by molar-refractivity contribution is 0.366. The van der Waals surface area contributed by atoms with Crippen LogP contribution >= 0.6 is 0 Å². The summed E-state index contributed by atoms with van der Waals surface area (Å²) < 4.78 is 0. The van der Waals surface area contributed by atoms with Crippen LogP contribution in [0.5, 0.6) is 0 Å². The maximum atomic E-state index is 4.03. The molecule has 4 unspecified atom stereocenters. The summed E-state index contributed by atoms with van der Waals surface area (Å²) in [6.07, 6.45) is 58.3. The first-order valence-corrected chi connectivity index (χ1v) is 23.8. The van der Waals surface area contributed by atoms with Crippen molar-refractivity contribution in [3.63, 3.8) is 0 Å². The fourth-order valence-corrected chi connectivity index (χ4v) is 8.26. The third-order valence-corrected chi connectivity index (χ3v) is 12.0. The maximum absolute atomic E-state index is 4.03. The van der Waals surface area contributed by atoms with Gasteiger partial charge in [-0.05, 0) is 75.5 Å². The van der Waals surface area contributed by atoms with E-state index in [1.807, 2.05) is 0 Å². The number of unbranched alkanes of at least 4 members (excludes halogenated alkanes) is 20. The molecule has 0 spiro atoms. The fourth-order valence-electron chi connectivity index (χ4n) is 8.26. The monoisotopic (exact) mass is 711 g/mol. The van der Waals surface area contributed by atoms with Crippen LogP contribution in [0.3, 0.4) is 0 Å². The van der Waals surface area contributed by atoms with Crippen molar-refractivity contribution in [2.45, 2.75) is 266 Å². The van der Waals surface area contributed by atoms with Gasteiger partial charge in [-0.25, -0.2) is 0 Å². The van der Waals surface area contributed by atoms with Gasteiger partial charge in [0.05, 0.1) is 0 Å². The Kier molecular flexibility index (Phi) is 39.8. The van der Waals surface area contributed by atoms with Crippen LogP contribution in [0.15, 0.2) is 37.0 Å². The summed E-state index contributed by atoms with van der Waals surface area (Å²) in [6, 6.07) is 0. The van der Waals surface area contributed by atoms with Gasteiger partial charge in [-0.3, -0.25) is 0 Å². The van der Waals surface area contributed by atoms with Gasteiger partial charge in [-0.2, -0.15) is 0 Å². The Morgan fingerprint density at radius 3 is 1.29 bits per heavy atom. The minimum absolute atomic E-state index is 0.816. The zero-order chi connectivity index (χ0) is 37.5. The van der Waals surface area contributed by atoms with Crippen molar-refractivity contribution in [3.8, 4) is 0 Å². The molecule has 0 heterocycles. The molecule has 0 aliphatic carbocycles. The van der Waals surface area contributed by atoms with Crippen LogP contribution in [0.2, 0.25) is 0 Å². The van der Waals surface area contributed by atoms with E-state index in [-0.39, 0.29) is 0 Å². The number of hydrogen-bond acceptors (Lipinski definition) is 0. The van der Waals surface area contributed by atoms with Crippen molar-refractivity contribution in [2.24, 2.45) is 23.7 Å². The molecule has 0 N–H and O–H groups in total. The number of allylic oxidation sites excluding steroid dienone is 4. The second-order valence-electron chi connectivity index (χ2n) is 17.9. The van der Waals surface area contributed by atoms with Crippen LogP contribution in [0.25, 0.3) is 0 Å². The Morgan fingerprint density at radius 1 is 0.431 bits per heavy atom. The average molecular weight is 711 g/mol. The van der Waals surface area contributed by atoms with Crippen LogP contribution in [0.1, 0.15) is 266 Å². The molecule has 4 atom stereocenters. The third-order valence-electron chi connectivity index (χ3n) is 12.0. The van der Waals surface area contributed by atoms with Gasteiger partial charge >= 0.3 is 0 Å². The van der Waals surface area contributed by atoms with E-state index in [1.54, 1.807) is 0 Å². The maximum Gasteiger partial charge on any atom is -0.0326 e. The highest BCUT2D eigenvalue weighted by Gasteiger charge is 2.09. The third kappa shape index (κ3) is 40.2. The Hall–Kier alpha value is -0.780. The molecule has 0 aromatic carbocycles. The van der Waals surface area contributed by atoms with Crippen molar-refractivity contribution >= 4 is 0 Å². The van der Waals surface area contributed by atoms with Crippen LogP contribution in [0.4, 0.5) is 0 Å². The second-order valence-corrected chi connectivity index (χ2v) is 17.9. The summed E-state index contributed by atoms with van der Waals surface area (Å²) >= 11 is 0. The first kappa shape index (κ1) is 50.2. The predicted molar refractivity (Wildman–Crippen MR) is 237 cm³/mol. The molecule has 302 valence electrons. The Morgan fingerprint density at radius 2 is 0.824 bits per heavy atom. The van der Waals surface area contributed by atoms with Crippen LogP contribution in [0, 0.1) is 23.7 Å². The van der Waals surface area contributed by atoms with Gasteiger partial charge in [0.15, 0.2) is 0 Å². The van der Waals surface area contributed by atoms with Gasteiger partial charge in [0.1, 0.15) is 0 Å². The normalized spacial score (nSPS) is 14.2. The highest BCUT2D eigenvalue weighted by Crippen LogP contribution is 2.26. The van der Waals surface area contributed by atoms with Crippen molar-refractivity contribution in [3.05, 3.63) is 37.0 Å². The molecule has 0 amide bonds. The lowest BCUT2D eigenvalue weighted by atomic mass is 9.89. The molecule has 0 heteroatoms. The van der Waals surface area contributed by atoms with E-state index in [0.717, 1.165) is 23.7 Å². The molecule has 0 rings (SSSR count). The smallest absolute Gasteiger partial charge is 0.0326 e. The Balaban J connectivity index is 3.98. The fraction of sp³-hybridized carbons (Fsp3) is 0.882. The summed E-state index contributed by atoms with van der Waals surface area (Å²) in [5, 5.41) is 0. The molecule has 0 aliphatic rings. The highest BCUT2D eigenvalue weighted by atomic mass is 14.2. The van der Waals surface area contributed by atoms with E-state index in [4.69, 9.17) is 0 Å². The lowest BCUT2D eigenvalue weighted by Crippen LogP contribution is -2.01. The zero-order valence-corrected chi connectivity index (χ0v) is 36.4. The SMILES string of the molecule is C=CCC(C)CCCC(C)CCCC(C)CCC=CCCCCCC(CCCCCCCCC)CCCCCCCCCCCCCCC(=C)C. The lowest BCUT2D eigenvalue weighted by Gasteiger charge is -2.17. The number of rotatable bonds is 42. The van der Waals surface area contributed by atoms with Crippen LogP contribution in [-0.4, -0.2) is 0 Å². The average Bonchev–Trinajstić information content (AvgIpc) is 3.10. The first-order valence-electron chi connectivity index (χ1n) is 23.8. The van der Waals surface area contributed by atoms with Crippen molar-refractivity contribution in [1.29, 1.82) is 0 Å². The van der Waals surface area contributed by atoms with E-state index in [2.05, 4.69) is 66.0 Å². The minimum atomic E-state index is 0.816. The van der Waals surface area contributed by atoms with Crippen molar-refractivity contribution in [2.75, 3.05) is 0 Å². The minimum Gasteiger partial charge on any atom is -0.103 e. The van der Waals surface area contributed by atoms with E-state index >= 15 is 0 Å². The van der Waals surface area contributed by atoms with Gasteiger partial charge in [0.25, 0.3) is 0 Å². The van der Waals surface area contributed by atoms with Gasteiger partial charge in [0.2, 0.25) is 0 Å². The summed E-state index contributed by atoms with van der Waals surface area (Å²) in [6.45, 7) is 19.7. The molecule has 0 nitrogen and oxygen atoms in total. The second kappa shape index (κ2) is 40.4. The topological polar surface area (TPSA) is 0 Å². The van der Waals surface area contributed by atoms with E-state index < -0.39 is 0 Å². The summed E-state index contributed by atoms with van der Waals surface area (Å²) in [4.78, 5) is 0. The largest absolute Gasteiger partial charge is 0.103 e. The molecule has 0 aromatic rings. The van der Waals surface area contributed by atoms with Gasteiger partial charge in [-0.1, -0.05) is 238 Å². The molecule has 0 radical (unpaired) electrons. The Bertz CT molecular complexity index is 728. The van der Waals surface area contributed by atoms with E-state index in [1.165, 1.54) is 237 Å². The van der Waals surface area contributed by atoms with Crippen LogP contribution in [-0.2, 0) is 0 Å². The molecule has 0 saturated heterocycles. The standard InChI is InChI=1S/C51H98/c1-8-10-11-12-20-27-32-44-51(45-33-28-23-18-16-14-13-15-17-21-25-30-38-47(3)4)46-34-29-24-19-22-26-31-39-49(6)41-36-43-50(7)42-35-40-48(5)37-9-2/h9,22,26,48-51H,2-3,8,10-21,23-25,27-46H2,1,4-7H3. The quantitative estimate of drug-likeness (QED) is 0.0437. The Labute approximate surface area is 325 Å². The molecule has 0 bridgehead atoms. The summed E-state index contributed by atoms with van der Waals surface area (Å²) in [5.41, 5.74) is 1.35. The van der Waals surface area contributed by atoms with Crippen molar-refractivity contribution in [1.82, 2.24) is 0 Å². The molecule has 51 heavy (non-hydrogen) atoms. The van der Waals surface area contributed by atoms with Gasteiger partial charge in [-0.15, -0.1) is 13.2 Å². The van der Waals surface area contributed by atoms with Gasteiger partial charge < -0.3 is 0 Å². The first-order chi connectivity index (χ1) is 24.9. The molecular formula is C51H98. The predicted octanol–water partition coefficient (Wildman–Crippen LogP) is 18.9. The van der Waals surface area contributed by atoms with Gasteiger partial charge in [0, 0.05) is 0 Å².